The molecular formula is C31H30F4O2. The number of hydrogen-bond acceptors (Lipinski definition) is 2. The van der Waals surface area contributed by atoms with Crippen LogP contribution >= 0.6 is 0 Å². The van der Waals surface area contributed by atoms with E-state index in [1.165, 1.54) is 24.3 Å². The zero-order chi connectivity index (χ0) is 25.8. The second-order valence-corrected chi connectivity index (χ2v) is 10.9. The molecule has 0 saturated heterocycles. The molecule has 6 heteroatoms. The third kappa shape index (κ3) is 4.54. The predicted octanol–water partition coefficient (Wildman–Crippen LogP) is 8.50. The van der Waals surface area contributed by atoms with Gasteiger partial charge in [0.25, 0.3) is 0 Å². The van der Waals surface area contributed by atoms with Crippen LogP contribution in [0.15, 0.2) is 54.6 Å². The quantitative estimate of drug-likeness (QED) is 0.357. The Bertz CT molecular complexity index is 1280. The van der Waals surface area contributed by atoms with Crippen molar-refractivity contribution in [2.24, 2.45) is 0 Å². The SMILES string of the molecule is O[C@H]1CC2(CCC2)Oc2cc(C3CCCC3)c(Cc3ccc(C(F)(F)F)cc3)c(-c3ccc(F)cc3)c21. The van der Waals surface area contributed by atoms with Crippen molar-refractivity contribution in [1.82, 2.24) is 0 Å². The van der Waals surface area contributed by atoms with Gasteiger partial charge in [0.2, 0.25) is 0 Å². The average molecular weight is 511 g/mol. The summed E-state index contributed by atoms with van der Waals surface area (Å²) in [5, 5.41) is 11.5. The molecular weight excluding hydrogens is 480 g/mol. The first-order valence-electron chi connectivity index (χ1n) is 13.2. The van der Waals surface area contributed by atoms with Gasteiger partial charge in [0.1, 0.15) is 17.2 Å². The molecule has 1 spiro atoms. The summed E-state index contributed by atoms with van der Waals surface area (Å²) in [6, 6.07) is 13.7. The number of benzene rings is 3. The maximum atomic E-state index is 13.9. The summed E-state index contributed by atoms with van der Waals surface area (Å²) in [4.78, 5) is 0. The molecule has 0 bridgehead atoms. The molecule has 1 heterocycles. The van der Waals surface area contributed by atoms with E-state index in [9.17, 15) is 22.7 Å². The number of ether oxygens (including phenoxy) is 1. The molecule has 1 atom stereocenters. The Hall–Kier alpha value is -2.86. The molecule has 3 aromatic rings. The molecule has 2 fully saturated rings. The fourth-order valence-electron chi connectivity index (χ4n) is 6.51. The highest BCUT2D eigenvalue weighted by Crippen LogP contribution is 2.54. The second kappa shape index (κ2) is 9.16. The maximum absolute atomic E-state index is 13.9. The zero-order valence-corrected chi connectivity index (χ0v) is 20.6. The lowest BCUT2D eigenvalue weighted by Gasteiger charge is -2.47. The lowest BCUT2D eigenvalue weighted by atomic mass is 9.71. The summed E-state index contributed by atoms with van der Waals surface area (Å²) in [6.45, 7) is 0. The topological polar surface area (TPSA) is 29.5 Å². The highest BCUT2D eigenvalue weighted by molar-refractivity contribution is 5.77. The monoisotopic (exact) mass is 510 g/mol. The smallest absolute Gasteiger partial charge is 0.416 e. The van der Waals surface area contributed by atoms with Crippen LogP contribution in [0.1, 0.15) is 91.2 Å². The van der Waals surface area contributed by atoms with Gasteiger partial charge in [-0.2, -0.15) is 13.2 Å². The summed E-state index contributed by atoms with van der Waals surface area (Å²) >= 11 is 0. The summed E-state index contributed by atoms with van der Waals surface area (Å²) in [5.74, 6) is 0.670. The third-order valence-electron chi connectivity index (χ3n) is 8.55. The van der Waals surface area contributed by atoms with E-state index >= 15 is 0 Å². The summed E-state index contributed by atoms with van der Waals surface area (Å²) < 4.78 is 60.1. The van der Waals surface area contributed by atoms with Crippen LogP contribution in [0.2, 0.25) is 0 Å². The van der Waals surface area contributed by atoms with E-state index < -0.39 is 17.8 Å². The Balaban J connectivity index is 1.54. The fraction of sp³-hybridized carbons (Fsp3) is 0.419. The standard InChI is InChI=1S/C31H30F4O2/c32-23-12-8-21(9-13-23)28-25(16-19-6-10-22(11-7-19)31(33,34)35)24(20-4-1-2-5-20)17-27-29(28)26(36)18-30(37-27)14-3-15-30/h6-13,17,20,26,36H,1-5,14-16,18H2/t26-/m0/s1. The van der Waals surface area contributed by atoms with Gasteiger partial charge in [0.15, 0.2) is 0 Å². The molecule has 2 nitrogen and oxygen atoms in total. The van der Waals surface area contributed by atoms with Gasteiger partial charge in [-0.25, -0.2) is 4.39 Å². The highest BCUT2D eigenvalue weighted by Gasteiger charge is 2.46. The van der Waals surface area contributed by atoms with E-state index in [0.717, 1.165) is 84.9 Å². The van der Waals surface area contributed by atoms with E-state index in [4.69, 9.17) is 4.74 Å². The second-order valence-electron chi connectivity index (χ2n) is 10.9. The summed E-state index contributed by atoms with van der Waals surface area (Å²) in [5.41, 5.74) is 4.22. The highest BCUT2D eigenvalue weighted by atomic mass is 19.4. The molecule has 0 radical (unpaired) electrons. The number of fused-ring (bicyclic) bond motifs is 1. The third-order valence-corrected chi connectivity index (χ3v) is 8.55. The Kier molecular flexibility index (Phi) is 6.06. The lowest BCUT2D eigenvalue weighted by molar-refractivity contribution is -0.137. The van der Waals surface area contributed by atoms with E-state index in [2.05, 4.69) is 6.07 Å². The van der Waals surface area contributed by atoms with Crippen LogP contribution in [0.4, 0.5) is 17.6 Å². The van der Waals surface area contributed by atoms with Crippen LogP contribution in [-0.2, 0) is 12.6 Å². The van der Waals surface area contributed by atoms with Gasteiger partial charge >= 0.3 is 6.18 Å². The van der Waals surface area contributed by atoms with Gasteiger partial charge < -0.3 is 9.84 Å². The lowest BCUT2D eigenvalue weighted by Crippen LogP contribution is -2.47. The zero-order valence-electron chi connectivity index (χ0n) is 20.6. The minimum absolute atomic E-state index is 0.314. The van der Waals surface area contributed by atoms with Crippen molar-refractivity contribution in [2.75, 3.05) is 0 Å². The summed E-state index contributed by atoms with van der Waals surface area (Å²) in [6.07, 6.45) is 3.05. The van der Waals surface area contributed by atoms with Crippen LogP contribution in [0.5, 0.6) is 5.75 Å². The van der Waals surface area contributed by atoms with Gasteiger partial charge in [-0.05, 0) is 103 Å². The van der Waals surface area contributed by atoms with Crippen molar-refractivity contribution in [3.05, 3.63) is 88.2 Å². The van der Waals surface area contributed by atoms with Gasteiger partial charge in [-0.3, -0.25) is 0 Å². The number of alkyl halides is 3. The van der Waals surface area contributed by atoms with Crippen LogP contribution in [-0.4, -0.2) is 10.7 Å². The first-order valence-corrected chi connectivity index (χ1v) is 13.2. The molecule has 2 saturated carbocycles. The first-order chi connectivity index (χ1) is 17.7. The Morgan fingerprint density at radius 2 is 1.59 bits per heavy atom. The van der Waals surface area contributed by atoms with E-state index in [-0.39, 0.29) is 11.4 Å². The molecule has 6 rings (SSSR count). The summed E-state index contributed by atoms with van der Waals surface area (Å²) in [7, 11) is 0. The molecule has 0 amide bonds. The molecule has 3 aromatic carbocycles. The number of halogens is 4. The van der Waals surface area contributed by atoms with Crippen molar-refractivity contribution >= 4 is 0 Å². The molecule has 1 N–H and O–H groups in total. The Morgan fingerprint density at radius 3 is 2.19 bits per heavy atom. The molecule has 1 aliphatic heterocycles. The van der Waals surface area contributed by atoms with Crippen molar-refractivity contribution in [2.45, 2.75) is 81.6 Å². The Labute approximate surface area is 214 Å². The minimum atomic E-state index is -4.39. The van der Waals surface area contributed by atoms with Gasteiger partial charge in [-0.1, -0.05) is 37.1 Å². The number of rotatable bonds is 4. The molecule has 0 unspecified atom stereocenters. The van der Waals surface area contributed by atoms with Gasteiger partial charge in [-0.15, -0.1) is 0 Å². The predicted molar refractivity (Wildman–Crippen MR) is 134 cm³/mol. The van der Waals surface area contributed by atoms with Crippen LogP contribution in [0.3, 0.4) is 0 Å². The molecule has 0 aromatic heterocycles. The largest absolute Gasteiger partial charge is 0.487 e. The van der Waals surface area contributed by atoms with Crippen LogP contribution in [0.25, 0.3) is 11.1 Å². The molecule has 194 valence electrons. The average Bonchev–Trinajstić information content (AvgIpc) is 3.38. The number of aliphatic hydroxyl groups excluding tert-OH is 1. The normalized spacial score (nSPS) is 20.9. The molecule has 37 heavy (non-hydrogen) atoms. The molecule has 3 aliphatic rings. The van der Waals surface area contributed by atoms with E-state index in [0.29, 0.717) is 30.1 Å². The van der Waals surface area contributed by atoms with Crippen LogP contribution < -0.4 is 4.74 Å². The van der Waals surface area contributed by atoms with Crippen molar-refractivity contribution < 1.29 is 27.4 Å². The van der Waals surface area contributed by atoms with E-state index in [1.807, 2.05) is 0 Å². The first kappa shape index (κ1) is 24.5. The van der Waals surface area contributed by atoms with Gasteiger partial charge in [0, 0.05) is 12.0 Å². The van der Waals surface area contributed by atoms with Crippen LogP contribution in [0, 0.1) is 5.82 Å². The fourth-order valence-corrected chi connectivity index (χ4v) is 6.51. The number of aliphatic hydroxyl groups is 1. The number of hydrogen-bond donors (Lipinski definition) is 1. The van der Waals surface area contributed by atoms with Crippen molar-refractivity contribution in [3.63, 3.8) is 0 Å². The minimum Gasteiger partial charge on any atom is -0.487 e. The Morgan fingerprint density at radius 1 is 0.919 bits per heavy atom. The van der Waals surface area contributed by atoms with Crippen molar-refractivity contribution in [1.29, 1.82) is 0 Å². The maximum Gasteiger partial charge on any atom is 0.416 e. The van der Waals surface area contributed by atoms with Gasteiger partial charge in [0.05, 0.1) is 11.7 Å². The molecule has 2 aliphatic carbocycles. The van der Waals surface area contributed by atoms with E-state index in [1.54, 1.807) is 12.1 Å². The van der Waals surface area contributed by atoms with Crippen molar-refractivity contribution in [3.8, 4) is 16.9 Å².